The molecule has 0 fully saturated rings. The Morgan fingerprint density at radius 1 is 1.03 bits per heavy atom. The van der Waals surface area contributed by atoms with Crippen LogP contribution < -0.4 is 14.4 Å². The van der Waals surface area contributed by atoms with Crippen LogP contribution in [0.2, 0.25) is 0 Å². The van der Waals surface area contributed by atoms with E-state index >= 15 is 0 Å². The molecule has 1 amide bonds. The summed E-state index contributed by atoms with van der Waals surface area (Å²) < 4.78 is 34.0. The Hall–Kier alpha value is -3.76. The number of halogens is 1. The van der Waals surface area contributed by atoms with E-state index in [0.717, 1.165) is 24.3 Å². The maximum Gasteiger partial charge on any atom is 0.268 e. The average molecular weight is 608 g/mol. The quantitative estimate of drug-likeness (QED) is 0.310. The number of aromatic nitrogens is 2. The van der Waals surface area contributed by atoms with E-state index in [0.29, 0.717) is 35.5 Å². The number of hydrogen-bond acceptors (Lipinski definition) is 7. The monoisotopic (exact) mass is 606 g/mol. The molecule has 0 aliphatic carbocycles. The highest BCUT2D eigenvalue weighted by Gasteiger charge is 2.24. The Kier molecular flexibility index (Phi) is 7.94. The van der Waals surface area contributed by atoms with Gasteiger partial charge in [0.2, 0.25) is 5.95 Å². The highest BCUT2D eigenvalue weighted by Crippen LogP contribution is 2.24. The van der Waals surface area contributed by atoms with Crippen LogP contribution in [0.4, 0.5) is 5.95 Å². The topological polar surface area (TPSA) is 101 Å². The van der Waals surface area contributed by atoms with Crippen LogP contribution in [-0.4, -0.2) is 37.9 Å². The van der Waals surface area contributed by atoms with Gasteiger partial charge in [-0.2, -0.15) is 0 Å². The van der Waals surface area contributed by atoms with E-state index in [2.05, 4.69) is 42.7 Å². The zero-order valence-corrected chi connectivity index (χ0v) is 23.7. The largest absolute Gasteiger partial charge is 0.497 e. The van der Waals surface area contributed by atoms with Crippen molar-refractivity contribution < 1.29 is 17.9 Å². The lowest BCUT2D eigenvalue weighted by Crippen LogP contribution is -2.34. The molecule has 0 radical (unpaired) electrons. The minimum atomic E-state index is -4.10. The molecule has 0 spiro atoms. The molecule has 8 nitrogen and oxygen atoms in total. The summed E-state index contributed by atoms with van der Waals surface area (Å²) in [4.78, 5) is 24.6. The van der Waals surface area contributed by atoms with Crippen LogP contribution in [0.3, 0.4) is 0 Å². The number of hydrogen-bond donors (Lipinski definition) is 1. The summed E-state index contributed by atoms with van der Waals surface area (Å²) in [5.41, 5.74) is 4.13. The minimum absolute atomic E-state index is 0.0207. The SMILES string of the molecule is COc1cccc(CCc2nc(N3CCc4ccccc4C3)ncc2C(=O)NS(=O)(=O)c2cccc(Br)c2)c1. The number of ether oxygens (including phenoxy) is 1. The molecule has 3 aromatic carbocycles. The average Bonchev–Trinajstić information content (AvgIpc) is 2.95. The summed E-state index contributed by atoms with van der Waals surface area (Å²) in [6.45, 7) is 1.41. The summed E-state index contributed by atoms with van der Waals surface area (Å²) in [6, 6.07) is 22.1. The summed E-state index contributed by atoms with van der Waals surface area (Å²) in [5, 5.41) is 0. The fourth-order valence-corrected chi connectivity index (χ4v) is 6.13. The first-order valence-electron chi connectivity index (χ1n) is 12.5. The standard InChI is InChI=1S/C29H27BrN4O4S/c1-38-24-10-4-6-20(16-24)12-13-27-26(28(35)33-39(36,37)25-11-5-9-23(30)17-25)18-31-29(32-27)34-15-14-21-7-2-3-8-22(21)19-34/h2-11,16-18H,12-15,19H2,1H3,(H,33,35). The molecule has 1 aliphatic rings. The van der Waals surface area contributed by atoms with Crippen LogP contribution >= 0.6 is 15.9 Å². The van der Waals surface area contributed by atoms with E-state index in [1.165, 1.54) is 29.5 Å². The van der Waals surface area contributed by atoms with Crippen LogP contribution in [0.15, 0.2) is 88.4 Å². The highest BCUT2D eigenvalue weighted by atomic mass is 79.9. The number of methoxy groups -OCH3 is 1. The Bertz CT molecular complexity index is 1630. The normalized spacial score (nSPS) is 13.0. The molecule has 5 rings (SSSR count). The molecule has 0 saturated carbocycles. The number of carbonyl (C=O) groups excluding carboxylic acids is 1. The molecule has 1 aliphatic heterocycles. The molecular weight excluding hydrogens is 580 g/mol. The zero-order chi connectivity index (χ0) is 27.4. The number of anilines is 1. The van der Waals surface area contributed by atoms with Crippen molar-refractivity contribution in [3.63, 3.8) is 0 Å². The molecule has 10 heteroatoms. The Morgan fingerprint density at radius 2 is 1.82 bits per heavy atom. The minimum Gasteiger partial charge on any atom is -0.497 e. The number of fused-ring (bicyclic) bond motifs is 1. The van der Waals surface area contributed by atoms with E-state index in [9.17, 15) is 13.2 Å². The van der Waals surface area contributed by atoms with Crippen LogP contribution in [0, 0.1) is 0 Å². The van der Waals surface area contributed by atoms with Gasteiger partial charge in [0.1, 0.15) is 5.75 Å². The lowest BCUT2D eigenvalue weighted by atomic mass is 10.0. The van der Waals surface area contributed by atoms with Gasteiger partial charge in [0.25, 0.3) is 15.9 Å². The lowest BCUT2D eigenvalue weighted by molar-refractivity contribution is 0.0979. The van der Waals surface area contributed by atoms with Crippen LogP contribution in [0.25, 0.3) is 0 Å². The van der Waals surface area contributed by atoms with Gasteiger partial charge < -0.3 is 9.64 Å². The molecule has 0 saturated heterocycles. The third-order valence-electron chi connectivity index (χ3n) is 6.63. The smallest absolute Gasteiger partial charge is 0.268 e. The van der Waals surface area contributed by atoms with Crippen LogP contribution in [0.1, 0.15) is 32.7 Å². The molecule has 200 valence electrons. The summed E-state index contributed by atoms with van der Waals surface area (Å²) in [7, 11) is -2.49. The first-order valence-corrected chi connectivity index (χ1v) is 14.7. The molecule has 0 bridgehead atoms. The molecular formula is C29H27BrN4O4S. The summed E-state index contributed by atoms with van der Waals surface area (Å²) in [5.74, 6) is 0.476. The van der Waals surface area contributed by atoms with Gasteiger partial charge >= 0.3 is 0 Å². The van der Waals surface area contributed by atoms with Crippen molar-refractivity contribution in [1.82, 2.24) is 14.7 Å². The zero-order valence-electron chi connectivity index (χ0n) is 21.3. The maximum absolute atomic E-state index is 13.3. The number of sulfonamides is 1. The number of nitrogens with zero attached hydrogens (tertiary/aromatic N) is 3. The molecule has 0 unspecified atom stereocenters. The number of amides is 1. The lowest BCUT2D eigenvalue weighted by Gasteiger charge is -2.29. The van der Waals surface area contributed by atoms with Gasteiger partial charge in [0.05, 0.1) is 23.3 Å². The molecule has 39 heavy (non-hydrogen) atoms. The van der Waals surface area contributed by atoms with Gasteiger partial charge in [-0.1, -0.05) is 58.4 Å². The van der Waals surface area contributed by atoms with Gasteiger partial charge in [-0.3, -0.25) is 4.79 Å². The van der Waals surface area contributed by atoms with Crippen molar-refractivity contribution in [2.75, 3.05) is 18.6 Å². The summed E-state index contributed by atoms with van der Waals surface area (Å²) in [6.07, 6.45) is 3.28. The number of aryl methyl sites for hydroxylation is 2. The Labute approximate surface area is 236 Å². The van der Waals surface area contributed by atoms with Crippen molar-refractivity contribution in [2.24, 2.45) is 0 Å². The second-order valence-electron chi connectivity index (χ2n) is 9.21. The second kappa shape index (κ2) is 11.5. The van der Waals surface area contributed by atoms with Gasteiger partial charge in [-0.05, 0) is 66.3 Å². The number of nitrogens with one attached hydrogen (secondary N) is 1. The molecule has 2 heterocycles. The van der Waals surface area contributed by atoms with Gasteiger partial charge in [-0.15, -0.1) is 0 Å². The van der Waals surface area contributed by atoms with Gasteiger partial charge in [-0.25, -0.2) is 23.1 Å². The van der Waals surface area contributed by atoms with E-state index in [1.807, 2.05) is 36.4 Å². The fourth-order valence-electron chi connectivity index (χ4n) is 4.57. The predicted molar refractivity (Wildman–Crippen MR) is 152 cm³/mol. The Morgan fingerprint density at radius 3 is 2.62 bits per heavy atom. The molecule has 0 atom stereocenters. The van der Waals surface area contributed by atoms with E-state index in [-0.39, 0.29) is 10.5 Å². The fraction of sp³-hybridized carbons (Fsp3) is 0.207. The van der Waals surface area contributed by atoms with Crippen molar-refractivity contribution >= 4 is 37.8 Å². The first kappa shape index (κ1) is 26.8. The van der Waals surface area contributed by atoms with Gasteiger partial charge in [0.15, 0.2) is 0 Å². The third kappa shape index (κ3) is 6.29. The highest BCUT2D eigenvalue weighted by molar-refractivity contribution is 9.10. The van der Waals surface area contributed by atoms with E-state index < -0.39 is 15.9 Å². The number of benzene rings is 3. The molecule has 1 aromatic heterocycles. The van der Waals surface area contributed by atoms with E-state index in [4.69, 9.17) is 9.72 Å². The number of carbonyl (C=O) groups is 1. The van der Waals surface area contributed by atoms with Crippen molar-refractivity contribution in [1.29, 1.82) is 0 Å². The molecule has 4 aromatic rings. The third-order valence-corrected chi connectivity index (χ3v) is 8.45. The molecule has 1 N–H and O–H groups in total. The van der Waals surface area contributed by atoms with Crippen LogP contribution in [0.5, 0.6) is 5.75 Å². The number of rotatable bonds is 8. The van der Waals surface area contributed by atoms with Crippen molar-refractivity contribution in [3.05, 3.63) is 111 Å². The van der Waals surface area contributed by atoms with Crippen molar-refractivity contribution in [2.45, 2.75) is 30.7 Å². The second-order valence-corrected chi connectivity index (χ2v) is 11.8. The first-order chi connectivity index (χ1) is 18.8. The Balaban J connectivity index is 1.44. The predicted octanol–water partition coefficient (Wildman–Crippen LogP) is 4.71. The van der Waals surface area contributed by atoms with E-state index in [1.54, 1.807) is 19.2 Å². The summed E-state index contributed by atoms with van der Waals surface area (Å²) >= 11 is 3.28. The van der Waals surface area contributed by atoms with Crippen LogP contribution in [-0.2, 0) is 35.8 Å². The van der Waals surface area contributed by atoms with Gasteiger partial charge in [0, 0.05) is 23.8 Å². The maximum atomic E-state index is 13.3. The van der Waals surface area contributed by atoms with Crippen molar-refractivity contribution in [3.8, 4) is 5.75 Å².